The van der Waals surface area contributed by atoms with Gasteiger partial charge in [-0.1, -0.05) is 0 Å². The van der Waals surface area contributed by atoms with Crippen LogP contribution in [0.5, 0.6) is 5.75 Å². The van der Waals surface area contributed by atoms with Crippen LogP contribution in [0.4, 0.5) is 0 Å². The lowest BCUT2D eigenvalue weighted by Crippen LogP contribution is -2.24. The first-order valence-corrected chi connectivity index (χ1v) is 4.30. The van der Waals surface area contributed by atoms with Gasteiger partial charge in [0.1, 0.15) is 5.82 Å². The average molecular weight is 164 g/mol. The third kappa shape index (κ3) is 1.55. The van der Waals surface area contributed by atoms with Gasteiger partial charge < -0.3 is 4.74 Å². The van der Waals surface area contributed by atoms with Crippen LogP contribution < -0.4 is 4.74 Å². The summed E-state index contributed by atoms with van der Waals surface area (Å²) in [7, 11) is 0. The van der Waals surface area contributed by atoms with Crippen LogP contribution in [0.2, 0.25) is 0 Å². The molecular weight excluding hydrogens is 152 g/mol. The maximum atomic E-state index is 5.58. The molecule has 12 heavy (non-hydrogen) atoms. The molecule has 1 aliphatic carbocycles. The van der Waals surface area contributed by atoms with Gasteiger partial charge in [0.05, 0.1) is 18.5 Å². The Morgan fingerprint density at radius 2 is 2.00 bits per heavy atom. The molecule has 1 aromatic rings. The van der Waals surface area contributed by atoms with Crippen LogP contribution in [0.25, 0.3) is 0 Å². The number of aryl methyl sites for hydroxylation is 1. The summed E-state index contributed by atoms with van der Waals surface area (Å²) in [5.74, 6) is 1.58. The Labute approximate surface area is 71.8 Å². The molecule has 1 heterocycles. The standard InChI is InChI=1S/C9H12N2O/c1-7-10-5-9(6-11-7)12-8-3-2-4-8/h5-6,8H,2-4H2,1H3. The van der Waals surface area contributed by atoms with E-state index in [1.54, 1.807) is 12.4 Å². The van der Waals surface area contributed by atoms with Crippen LogP contribution in [0.3, 0.4) is 0 Å². The fourth-order valence-corrected chi connectivity index (χ4v) is 1.12. The SMILES string of the molecule is Cc1ncc(OC2CCC2)cn1. The van der Waals surface area contributed by atoms with E-state index in [0.29, 0.717) is 6.10 Å². The Bertz CT molecular complexity index is 254. The lowest BCUT2D eigenvalue weighted by atomic mass is 9.96. The highest BCUT2D eigenvalue weighted by Gasteiger charge is 2.18. The fraction of sp³-hybridized carbons (Fsp3) is 0.556. The van der Waals surface area contributed by atoms with Crippen molar-refractivity contribution >= 4 is 0 Å². The van der Waals surface area contributed by atoms with Crippen LogP contribution in [-0.2, 0) is 0 Å². The van der Waals surface area contributed by atoms with E-state index in [1.807, 2.05) is 6.92 Å². The summed E-state index contributed by atoms with van der Waals surface area (Å²) in [5, 5.41) is 0. The summed E-state index contributed by atoms with van der Waals surface area (Å²) < 4.78 is 5.58. The minimum atomic E-state index is 0.413. The highest BCUT2D eigenvalue weighted by atomic mass is 16.5. The van der Waals surface area contributed by atoms with Crippen molar-refractivity contribution in [3.8, 4) is 5.75 Å². The van der Waals surface area contributed by atoms with Crippen LogP contribution in [-0.4, -0.2) is 16.1 Å². The van der Waals surface area contributed by atoms with E-state index in [4.69, 9.17) is 4.74 Å². The smallest absolute Gasteiger partial charge is 0.156 e. The van der Waals surface area contributed by atoms with Gasteiger partial charge in [-0.25, -0.2) is 9.97 Å². The van der Waals surface area contributed by atoms with Crippen molar-refractivity contribution in [3.63, 3.8) is 0 Å². The molecule has 0 spiro atoms. The number of ether oxygens (including phenoxy) is 1. The van der Waals surface area contributed by atoms with Crippen LogP contribution in [0, 0.1) is 6.92 Å². The van der Waals surface area contributed by atoms with Gasteiger partial charge in [-0.3, -0.25) is 0 Å². The Kier molecular flexibility index (Phi) is 1.94. The van der Waals surface area contributed by atoms with Gasteiger partial charge in [0.2, 0.25) is 0 Å². The van der Waals surface area contributed by atoms with E-state index < -0.39 is 0 Å². The molecule has 0 atom stereocenters. The average Bonchev–Trinajstić information content (AvgIpc) is 2.00. The second-order valence-electron chi connectivity index (χ2n) is 3.14. The lowest BCUT2D eigenvalue weighted by molar-refractivity contribution is 0.119. The lowest BCUT2D eigenvalue weighted by Gasteiger charge is -2.25. The maximum absolute atomic E-state index is 5.58. The van der Waals surface area contributed by atoms with Crippen molar-refractivity contribution in [2.24, 2.45) is 0 Å². The van der Waals surface area contributed by atoms with Crippen molar-refractivity contribution in [1.29, 1.82) is 0 Å². The largest absolute Gasteiger partial charge is 0.487 e. The Morgan fingerprint density at radius 3 is 2.50 bits per heavy atom. The Balaban J connectivity index is 1.98. The minimum absolute atomic E-state index is 0.413. The van der Waals surface area contributed by atoms with E-state index >= 15 is 0 Å². The fourth-order valence-electron chi connectivity index (χ4n) is 1.12. The molecule has 3 heteroatoms. The summed E-state index contributed by atoms with van der Waals surface area (Å²) in [6, 6.07) is 0. The van der Waals surface area contributed by atoms with Gasteiger partial charge in [0, 0.05) is 0 Å². The van der Waals surface area contributed by atoms with Gasteiger partial charge >= 0.3 is 0 Å². The summed E-state index contributed by atoms with van der Waals surface area (Å²) in [6.07, 6.45) is 7.52. The first-order chi connectivity index (χ1) is 5.84. The molecule has 1 aromatic heterocycles. The quantitative estimate of drug-likeness (QED) is 0.667. The van der Waals surface area contributed by atoms with Crippen LogP contribution >= 0.6 is 0 Å². The van der Waals surface area contributed by atoms with Crippen LogP contribution in [0.15, 0.2) is 12.4 Å². The molecule has 0 saturated heterocycles. The predicted octanol–water partition coefficient (Wildman–Crippen LogP) is 1.72. The van der Waals surface area contributed by atoms with E-state index in [0.717, 1.165) is 11.6 Å². The molecule has 0 radical (unpaired) electrons. The molecule has 1 saturated carbocycles. The molecule has 2 rings (SSSR count). The van der Waals surface area contributed by atoms with Gasteiger partial charge in [-0.05, 0) is 26.2 Å². The zero-order valence-electron chi connectivity index (χ0n) is 7.16. The van der Waals surface area contributed by atoms with Crippen LogP contribution in [0.1, 0.15) is 25.1 Å². The molecule has 0 aromatic carbocycles. The number of hydrogen-bond acceptors (Lipinski definition) is 3. The molecule has 1 aliphatic rings. The number of nitrogens with zero attached hydrogens (tertiary/aromatic N) is 2. The molecule has 1 fully saturated rings. The predicted molar refractivity (Wildman–Crippen MR) is 45.0 cm³/mol. The summed E-state index contributed by atoms with van der Waals surface area (Å²) in [6.45, 7) is 1.87. The normalized spacial score (nSPS) is 17.1. The zero-order chi connectivity index (χ0) is 8.39. The topological polar surface area (TPSA) is 35.0 Å². The van der Waals surface area contributed by atoms with Crippen molar-refractivity contribution in [3.05, 3.63) is 18.2 Å². The van der Waals surface area contributed by atoms with Crippen molar-refractivity contribution in [2.75, 3.05) is 0 Å². The van der Waals surface area contributed by atoms with Gasteiger partial charge in [0.15, 0.2) is 5.75 Å². The summed E-state index contributed by atoms with van der Waals surface area (Å²) in [5.41, 5.74) is 0. The molecule has 0 amide bonds. The van der Waals surface area contributed by atoms with Gasteiger partial charge in [-0.2, -0.15) is 0 Å². The van der Waals surface area contributed by atoms with Crippen molar-refractivity contribution in [2.45, 2.75) is 32.3 Å². The molecule has 0 N–H and O–H groups in total. The maximum Gasteiger partial charge on any atom is 0.156 e. The molecule has 3 nitrogen and oxygen atoms in total. The van der Waals surface area contributed by atoms with E-state index in [9.17, 15) is 0 Å². The van der Waals surface area contributed by atoms with Crippen molar-refractivity contribution < 1.29 is 4.74 Å². The minimum Gasteiger partial charge on any atom is -0.487 e. The molecule has 0 bridgehead atoms. The monoisotopic (exact) mass is 164 g/mol. The first-order valence-electron chi connectivity index (χ1n) is 4.30. The van der Waals surface area contributed by atoms with E-state index in [2.05, 4.69) is 9.97 Å². The van der Waals surface area contributed by atoms with E-state index in [-0.39, 0.29) is 0 Å². The molecule has 0 aliphatic heterocycles. The highest BCUT2D eigenvalue weighted by molar-refractivity contribution is 5.12. The second-order valence-corrected chi connectivity index (χ2v) is 3.14. The third-order valence-corrected chi connectivity index (χ3v) is 2.11. The van der Waals surface area contributed by atoms with Gasteiger partial charge in [0.25, 0.3) is 0 Å². The Hall–Kier alpha value is -1.12. The number of hydrogen-bond donors (Lipinski definition) is 0. The first kappa shape index (κ1) is 7.53. The Morgan fingerprint density at radius 1 is 1.33 bits per heavy atom. The highest BCUT2D eigenvalue weighted by Crippen LogP contribution is 2.23. The summed E-state index contributed by atoms with van der Waals surface area (Å²) in [4.78, 5) is 8.11. The number of aromatic nitrogens is 2. The second kappa shape index (κ2) is 3.09. The molecule has 64 valence electrons. The number of rotatable bonds is 2. The zero-order valence-corrected chi connectivity index (χ0v) is 7.16. The van der Waals surface area contributed by atoms with Gasteiger partial charge in [-0.15, -0.1) is 0 Å². The molecule has 0 unspecified atom stereocenters. The third-order valence-electron chi connectivity index (χ3n) is 2.11. The van der Waals surface area contributed by atoms with Crippen molar-refractivity contribution in [1.82, 2.24) is 9.97 Å². The summed E-state index contributed by atoms with van der Waals surface area (Å²) >= 11 is 0. The molecular formula is C9H12N2O. The van der Waals surface area contributed by atoms with E-state index in [1.165, 1.54) is 19.3 Å².